The van der Waals surface area contributed by atoms with E-state index in [1.54, 1.807) is 6.92 Å². The second kappa shape index (κ2) is 6.78. The van der Waals surface area contributed by atoms with E-state index in [9.17, 15) is 0 Å². The fourth-order valence-electron chi connectivity index (χ4n) is 2.50. The summed E-state index contributed by atoms with van der Waals surface area (Å²) in [6.45, 7) is 1.80. The van der Waals surface area contributed by atoms with Crippen molar-refractivity contribution in [3.8, 4) is 0 Å². The number of fused-ring (bicyclic) bond motifs is 2. The number of amidine groups is 1. The number of nitrogens with one attached hydrogen (secondary N) is 1. The number of para-hydroxylation sites is 1. The van der Waals surface area contributed by atoms with E-state index in [0.717, 1.165) is 26.7 Å². The van der Waals surface area contributed by atoms with Gasteiger partial charge in [-0.3, -0.25) is 5.43 Å². The Hall–Kier alpha value is -3.12. The number of anilines is 1. The Labute approximate surface area is 148 Å². The number of hydrogen-bond donors (Lipinski definition) is 1. The van der Waals surface area contributed by atoms with Crippen molar-refractivity contribution in [1.29, 1.82) is 0 Å². The average Bonchev–Trinajstić information content (AvgIpc) is 3.07. The first-order chi connectivity index (χ1) is 12.3. The molecule has 0 bridgehead atoms. The van der Waals surface area contributed by atoms with Gasteiger partial charge in [0.15, 0.2) is 5.84 Å². The van der Waals surface area contributed by atoms with E-state index in [1.807, 2.05) is 48.5 Å². The molecule has 0 radical (unpaired) electrons. The Morgan fingerprint density at radius 1 is 0.960 bits per heavy atom. The third-order valence-corrected chi connectivity index (χ3v) is 4.61. The fourth-order valence-corrected chi connectivity index (χ4v) is 3.29. The summed E-state index contributed by atoms with van der Waals surface area (Å²) < 4.78 is 1.10. The minimum Gasteiger partial charge on any atom is -0.276 e. The fraction of sp³-hybridized carbons (Fsp3) is 0.0526. The van der Waals surface area contributed by atoms with Gasteiger partial charge in [0, 0.05) is 5.39 Å². The maximum atomic E-state index is 4.43. The van der Waals surface area contributed by atoms with E-state index in [4.69, 9.17) is 0 Å². The Morgan fingerprint density at radius 3 is 2.68 bits per heavy atom. The maximum Gasteiger partial charge on any atom is 0.231 e. The first-order valence-corrected chi connectivity index (χ1v) is 8.67. The molecule has 25 heavy (non-hydrogen) atoms. The van der Waals surface area contributed by atoms with Gasteiger partial charge < -0.3 is 0 Å². The first kappa shape index (κ1) is 15.4. The SMILES string of the molecule is C/C(N=Nc1nc2ccccc2s1)=N\Nc1cccc2ccccc12. The molecule has 4 rings (SSSR count). The van der Waals surface area contributed by atoms with E-state index in [0.29, 0.717) is 11.0 Å². The molecule has 0 saturated carbocycles. The van der Waals surface area contributed by atoms with Gasteiger partial charge in [-0.25, -0.2) is 4.98 Å². The van der Waals surface area contributed by atoms with Crippen molar-refractivity contribution in [1.82, 2.24) is 4.98 Å². The van der Waals surface area contributed by atoms with Gasteiger partial charge in [-0.1, -0.05) is 59.9 Å². The molecule has 5 nitrogen and oxygen atoms in total. The average molecular weight is 345 g/mol. The Bertz CT molecular complexity index is 1060. The zero-order valence-corrected chi connectivity index (χ0v) is 14.4. The Morgan fingerprint density at radius 2 is 1.76 bits per heavy atom. The molecule has 0 unspecified atom stereocenters. The smallest absolute Gasteiger partial charge is 0.231 e. The number of aromatic nitrogens is 1. The van der Waals surface area contributed by atoms with Gasteiger partial charge in [0.05, 0.1) is 15.9 Å². The summed E-state index contributed by atoms with van der Waals surface area (Å²) in [6.07, 6.45) is 0. The van der Waals surface area contributed by atoms with Crippen LogP contribution in [0.4, 0.5) is 10.8 Å². The third kappa shape index (κ3) is 3.39. The Kier molecular flexibility index (Phi) is 4.18. The molecule has 0 spiro atoms. The second-order valence-electron chi connectivity index (χ2n) is 5.46. The lowest BCUT2D eigenvalue weighted by Gasteiger charge is -2.05. The standard InChI is InChI=1S/C19H15N5S/c1-13(22-24-19-20-17-10-4-5-12-18(17)25-19)21-23-16-11-6-8-14-7-2-3-9-15(14)16/h2-12,23H,1H3/b21-13+,24-22?. The summed E-state index contributed by atoms with van der Waals surface area (Å²) in [5, 5.41) is 15.5. The molecule has 3 aromatic carbocycles. The van der Waals surface area contributed by atoms with Crippen LogP contribution in [-0.2, 0) is 0 Å². The summed E-state index contributed by atoms with van der Waals surface area (Å²) >= 11 is 1.51. The van der Waals surface area contributed by atoms with Crippen LogP contribution >= 0.6 is 11.3 Å². The van der Waals surface area contributed by atoms with E-state index in [1.165, 1.54) is 11.3 Å². The number of hydrazone groups is 1. The van der Waals surface area contributed by atoms with Crippen LogP contribution in [0.15, 0.2) is 82.1 Å². The highest BCUT2D eigenvalue weighted by atomic mass is 32.1. The third-order valence-electron chi connectivity index (χ3n) is 3.69. The van der Waals surface area contributed by atoms with E-state index in [2.05, 4.69) is 43.9 Å². The highest BCUT2D eigenvalue weighted by Gasteiger charge is 2.02. The maximum absolute atomic E-state index is 4.43. The van der Waals surface area contributed by atoms with Crippen LogP contribution in [-0.4, -0.2) is 10.8 Å². The minimum absolute atomic E-state index is 0.534. The van der Waals surface area contributed by atoms with Crippen molar-refractivity contribution in [2.24, 2.45) is 15.3 Å². The highest BCUT2D eigenvalue weighted by molar-refractivity contribution is 7.21. The van der Waals surface area contributed by atoms with Crippen molar-refractivity contribution in [2.75, 3.05) is 5.43 Å². The molecule has 0 amide bonds. The summed E-state index contributed by atoms with van der Waals surface area (Å²) in [5.41, 5.74) is 4.94. The number of hydrogen-bond acceptors (Lipinski definition) is 5. The summed E-state index contributed by atoms with van der Waals surface area (Å²) in [7, 11) is 0. The normalized spacial score (nSPS) is 12.3. The predicted molar refractivity (Wildman–Crippen MR) is 105 cm³/mol. The molecular formula is C19H15N5S. The lowest BCUT2D eigenvalue weighted by atomic mass is 10.1. The van der Waals surface area contributed by atoms with E-state index < -0.39 is 0 Å². The van der Waals surface area contributed by atoms with Crippen molar-refractivity contribution in [2.45, 2.75) is 6.92 Å². The molecule has 6 heteroatoms. The zero-order valence-electron chi connectivity index (χ0n) is 13.5. The van der Waals surface area contributed by atoms with Crippen LogP contribution < -0.4 is 5.43 Å². The molecule has 0 aliphatic heterocycles. The van der Waals surface area contributed by atoms with Crippen LogP contribution in [0.1, 0.15) is 6.92 Å². The molecule has 0 saturated heterocycles. The van der Waals surface area contributed by atoms with Crippen LogP contribution in [0.2, 0.25) is 0 Å². The lowest BCUT2D eigenvalue weighted by Crippen LogP contribution is -1.94. The van der Waals surface area contributed by atoms with Crippen LogP contribution in [0.5, 0.6) is 0 Å². The highest BCUT2D eigenvalue weighted by Crippen LogP contribution is 2.28. The van der Waals surface area contributed by atoms with Gasteiger partial charge in [-0.2, -0.15) is 5.10 Å². The molecule has 0 aliphatic carbocycles. The molecule has 1 aromatic heterocycles. The van der Waals surface area contributed by atoms with E-state index >= 15 is 0 Å². The van der Waals surface area contributed by atoms with Crippen molar-refractivity contribution >= 4 is 49.0 Å². The molecule has 1 N–H and O–H groups in total. The van der Waals surface area contributed by atoms with Crippen molar-refractivity contribution in [3.63, 3.8) is 0 Å². The molecule has 122 valence electrons. The van der Waals surface area contributed by atoms with Gasteiger partial charge in [0.1, 0.15) is 0 Å². The molecule has 4 aromatic rings. The first-order valence-electron chi connectivity index (χ1n) is 7.85. The predicted octanol–water partition coefficient (Wildman–Crippen LogP) is 5.98. The zero-order chi connectivity index (χ0) is 17.1. The van der Waals surface area contributed by atoms with Crippen LogP contribution in [0.25, 0.3) is 21.0 Å². The summed E-state index contributed by atoms with van der Waals surface area (Å²) in [6, 6.07) is 22.2. The summed E-state index contributed by atoms with van der Waals surface area (Å²) in [5.74, 6) is 0.534. The number of thiazole rings is 1. The number of rotatable bonds is 3. The van der Waals surface area contributed by atoms with Gasteiger partial charge in [0.2, 0.25) is 5.13 Å². The molecular weight excluding hydrogens is 330 g/mol. The van der Waals surface area contributed by atoms with Gasteiger partial charge in [0.25, 0.3) is 0 Å². The van der Waals surface area contributed by atoms with E-state index in [-0.39, 0.29) is 0 Å². The molecule has 1 heterocycles. The summed E-state index contributed by atoms with van der Waals surface area (Å²) in [4.78, 5) is 4.43. The van der Waals surface area contributed by atoms with Crippen LogP contribution in [0.3, 0.4) is 0 Å². The minimum atomic E-state index is 0.534. The topological polar surface area (TPSA) is 62.0 Å². The van der Waals surface area contributed by atoms with Gasteiger partial charge >= 0.3 is 0 Å². The molecule has 0 aliphatic rings. The number of nitrogens with zero attached hydrogens (tertiary/aromatic N) is 4. The van der Waals surface area contributed by atoms with Gasteiger partial charge in [-0.15, -0.1) is 10.2 Å². The number of benzene rings is 3. The number of azo groups is 1. The van der Waals surface area contributed by atoms with Crippen molar-refractivity contribution in [3.05, 3.63) is 66.7 Å². The molecule has 0 atom stereocenters. The van der Waals surface area contributed by atoms with Crippen LogP contribution in [0, 0.1) is 0 Å². The Balaban J connectivity index is 1.53. The monoisotopic (exact) mass is 345 g/mol. The second-order valence-corrected chi connectivity index (χ2v) is 6.47. The van der Waals surface area contributed by atoms with Gasteiger partial charge in [-0.05, 0) is 30.5 Å². The van der Waals surface area contributed by atoms with Crippen molar-refractivity contribution < 1.29 is 0 Å². The molecule has 0 fully saturated rings. The lowest BCUT2D eigenvalue weighted by molar-refractivity contribution is 1.20. The quantitative estimate of drug-likeness (QED) is 0.215. The largest absolute Gasteiger partial charge is 0.276 e.